The van der Waals surface area contributed by atoms with E-state index in [-0.39, 0.29) is 11.9 Å². The number of piperazine rings is 1. The number of benzene rings is 3. The molecular formula is C28H32N2O2. The van der Waals surface area contributed by atoms with Gasteiger partial charge in [-0.2, -0.15) is 0 Å². The van der Waals surface area contributed by atoms with Crippen molar-refractivity contribution in [2.45, 2.75) is 32.9 Å². The quantitative estimate of drug-likeness (QED) is 0.554. The summed E-state index contributed by atoms with van der Waals surface area (Å²) in [5.41, 5.74) is 4.75. The number of carbonyl (C=O) groups is 1. The molecule has 4 heteroatoms. The van der Waals surface area contributed by atoms with Gasteiger partial charge in [0.25, 0.3) is 5.91 Å². The largest absolute Gasteiger partial charge is 0.481 e. The highest BCUT2D eigenvalue weighted by molar-refractivity contribution is 5.81. The lowest BCUT2D eigenvalue weighted by Gasteiger charge is -2.40. The zero-order valence-corrected chi connectivity index (χ0v) is 19.2. The SMILES string of the molecule is Cc1ccc(C)c(O[C@@H](C)C(=O)N2CCN(C(c3ccccc3)c3ccccc3)CC2)c1. The molecule has 0 bridgehead atoms. The van der Waals surface area contributed by atoms with E-state index in [0.717, 1.165) is 30.0 Å². The molecule has 0 spiro atoms. The number of aryl methyl sites for hydroxylation is 2. The van der Waals surface area contributed by atoms with Gasteiger partial charge >= 0.3 is 0 Å². The Kier molecular flexibility index (Phi) is 6.91. The van der Waals surface area contributed by atoms with Gasteiger partial charge in [0.15, 0.2) is 6.10 Å². The van der Waals surface area contributed by atoms with Gasteiger partial charge in [-0.1, -0.05) is 72.8 Å². The van der Waals surface area contributed by atoms with E-state index in [2.05, 4.69) is 71.6 Å². The molecule has 4 nitrogen and oxygen atoms in total. The minimum atomic E-state index is -0.499. The maximum atomic E-state index is 13.1. The summed E-state index contributed by atoms with van der Waals surface area (Å²) in [6, 6.07) is 27.5. The summed E-state index contributed by atoms with van der Waals surface area (Å²) in [6.07, 6.45) is -0.499. The second-order valence-corrected chi connectivity index (χ2v) is 8.61. The van der Waals surface area contributed by atoms with Gasteiger partial charge in [0.2, 0.25) is 0 Å². The van der Waals surface area contributed by atoms with Crippen molar-refractivity contribution in [1.82, 2.24) is 9.80 Å². The first kappa shape index (κ1) is 22.1. The Bertz CT molecular complexity index is 988. The molecule has 0 radical (unpaired) electrons. The summed E-state index contributed by atoms with van der Waals surface area (Å²) in [7, 11) is 0. The predicted octanol–water partition coefficient (Wildman–Crippen LogP) is 5.00. The summed E-state index contributed by atoms with van der Waals surface area (Å²) in [5.74, 6) is 0.847. The molecule has 1 aliphatic rings. The molecule has 0 saturated carbocycles. The van der Waals surface area contributed by atoms with Crippen LogP contribution < -0.4 is 4.74 Å². The normalized spacial score (nSPS) is 15.6. The number of amides is 1. The molecule has 1 heterocycles. The summed E-state index contributed by atoms with van der Waals surface area (Å²) in [5, 5.41) is 0. The van der Waals surface area contributed by atoms with E-state index < -0.39 is 6.10 Å². The molecule has 0 unspecified atom stereocenters. The Hall–Kier alpha value is -3.11. The highest BCUT2D eigenvalue weighted by atomic mass is 16.5. The lowest BCUT2D eigenvalue weighted by atomic mass is 9.96. The van der Waals surface area contributed by atoms with E-state index in [0.29, 0.717) is 13.1 Å². The average molecular weight is 429 g/mol. The molecule has 166 valence electrons. The number of hydrogen-bond acceptors (Lipinski definition) is 3. The maximum absolute atomic E-state index is 13.1. The second-order valence-electron chi connectivity index (χ2n) is 8.61. The Balaban J connectivity index is 1.43. The monoisotopic (exact) mass is 428 g/mol. The molecule has 1 aliphatic heterocycles. The molecule has 1 saturated heterocycles. The summed E-state index contributed by atoms with van der Waals surface area (Å²) in [6.45, 7) is 8.97. The third-order valence-electron chi connectivity index (χ3n) is 6.22. The van der Waals surface area contributed by atoms with Crippen molar-refractivity contribution in [2.75, 3.05) is 26.2 Å². The van der Waals surface area contributed by atoms with Crippen molar-refractivity contribution in [3.8, 4) is 5.75 Å². The van der Waals surface area contributed by atoms with Gasteiger partial charge in [-0.15, -0.1) is 0 Å². The van der Waals surface area contributed by atoms with E-state index in [4.69, 9.17) is 4.74 Å². The number of nitrogens with zero attached hydrogens (tertiary/aromatic N) is 2. The fourth-order valence-electron chi connectivity index (χ4n) is 4.42. The van der Waals surface area contributed by atoms with E-state index in [1.807, 2.05) is 37.8 Å². The van der Waals surface area contributed by atoms with Gasteiger partial charge in [0.05, 0.1) is 6.04 Å². The van der Waals surface area contributed by atoms with E-state index in [1.165, 1.54) is 11.1 Å². The predicted molar refractivity (Wildman–Crippen MR) is 129 cm³/mol. The molecule has 0 aromatic heterocycles. The highest BCUT2D eigenvalue weighted by Gasteiger charge is 2.30. The van der Waals surface area contributed by atoms with Crippen LogP contribution in [0.5, 0.6) is 5.75 Å². The highest BCUT2D eigenvalue weighted by Crippen LogP contribution is 2.29. The van der Waals surface area contributed by atoms with Crippen LogP contribution in [0.1, 0.15) is 35.2 Å². The fourth-order valence-corrected chi connectivity index (χ4v) is 4.42. The van der Waals surface area contributed by atoms with Gasteiger partial charge in [0.1, 0.15) is 5.75 Å². The van der Waals surface area contributed by atoms with Crippen molar-refractivity contribution in [2.24, 2.45) is 0 Å². The minimum Gasteiger partial charge on any atom is -0.481 e. The fraction of sp³-hybridized carbons (Fsp3) is 0.321. The van der Waals surface area contributed by atoms with Gasteiger partial charge < -0.3 is 9.64 Å². The van der Waals surface area contributed by atoms with Crippen LogP contribution in [0, 0.1) is 13.8 Å². The van der Waals surface area contributed by atoms with Crippen LogP contribution in [0.3, 0.4) is 0 Å². The first-order chi connectivity index (χ1) is 15.5. The lowest BCUT2D eigenvalue weighted by Crippen LogP contribution is -2.52. The van der Waals surface area contributed by atoms with Gasteiger partial charge in [-0.05, 0) is 49.1 Å². The molecule has 1 fully saturated rings. The van der Waals surface area contributed by atoms with Crippen LogP contribution >= 0.6 is 0 Å². The Morgan fingerprint density at radius 2 is 1.38 bits per heavy atom. The first-order valence-electron chi connectivity index (χ1n) is 11.4. The maximum Gasteiger partial charge on any atom is 0.263 e. The number of rotatable bonds is 6. The molecule has 0 aliphatic carbocycles. The molecule has 1 atom stereocenters. The standard InChI is InChI=1S/C28H32N2O2/c1-21-14-15-22(2)26(20-21)32-23(3)28(31)30-18-16-29(17-19-30)27(24-10-6-4-7-11-24)25-12-8-5-9-13-25/h4-15,20,23,27H,16-19H2,1-3H3/t23-/m0/s1. The van der Waals surface area contributed by atoms with E-state index >= 15 is 0 Å². The zero-order chi connectivity index (χ0) is 22.5. The van der Waals surface area contributed by atoms with Crippen LogP contribution in [0.25, 0.3) is 0 Å². The summed E-state index contributed by atoms with van der Waals surface area (Å²) < 4.78 is 6.05. The van der Waals surface area contributed by atoms with Crippen molar-refractivity contribution in [1.29, 1.82) is 0 Å². The Morgan fingerprint density at radius 1 is 0.812 bits per heavy atom. The molecule has 32 heavy (non-hydrogen) atoms. The topological polar surface area (TPSA) is 32.8 Å². The second kappa shape index (κ2) is 10.0. The first-order valence-corrected chi connectivity index (χ1v) is 11.4. The van der Waals surface area contributed by atoms with Gasteiger partial charge in [0, 0.05) is 26.2 Å². The summed E-state index contributed by atoms with van der Waals surface area (Å²) in [4.78, 5) is 17.5. The van der Waals surface area contributed by atoms with Crippen molar-refractivity contribution < 1.29 is 9.53 Å². The van der Waals surface area contributed by atoms with Crippen molar-refractivity contribution in [3.05, 3.63) is 101 Å². The molecule has 3 aromatic carbocycles. The van der Waals surface area contributed by atoms with Crippen LogP contribution in [-0.4, -0.2) is 48.0 Å². The van der Waals surface area contributed by atoms with Gasteiger partial charge in [-0.3, -0.25) is 9.69 Å². The Labute approximate surface area is 191 Å². The molecular weight excluding hydrogens is 396 g/mol. The Morgan fingerprint density at radius 3 is 1.94 bits per heavy atom. The molecule has 0 N–H and O–H groups in total. The van der Waals surface area contributed by atoms with Gasteiger partial charge in [-0.25, -0.2) is 0 Å². The molecule has 1 amide bonds. The number of ether oxygens (including phenoxy) is 1. The number of hydrogen-bond donors (Lipinski definition) is 0. The van der Waals surface area contributed by atoms with Crippen LogP contribution in [0.15, 0.2) is 78.9 Å². The van der Waals surface area contributed by atoms with Crippen LogP contribution in [-0.2, 0) is 4.79 Å². The number of carbonyl (C=O) groups excluding carboxylic acids is 1. The van der Waals surface area contributed by atoms with Crippen molar-refractivity contribution in [3.63, 3.8) is 0 Å². The molecule has 3 aromatic rings. The lowest BCUT2D eigenvalue weighted by molar-refractivity contribution is -0.140. The zero-order valence-electron chi connectivity index (χ0n) is 19.2. The third-order valence-corrected chi connectivity index (χ3v) is 6.22. The smallest absolute Gasteiger partial charge is 0.263 e. The summed E-state index contributed by atoms with van der Waals surface area (Å²) >= 11 is 0. The van der Waals surface area contributed by atoms with Crippen LogP contribution in [0.2, 0.25) is 0 Å². The van der Waals surface area contributed by atoms with E-state index in [9.17, 15) is 4.79 Å². The minimum absolute atomic E-state index is 0.0570. The average Bonchev–Trinajstić information content (AvgIpc) is 2.83. The van der Waals surface area contributed by atoms with E-state index in [1.54, 1.807) is 0 Å². The van der Waals surface area contributed by atoms with Crippen LogP contribution in [0.4, 0.5) is 0 Å². The van der Waals surface area contributed by atoms with Crippen molar-refractivity contribution >= 4 is 5.91 Å². The third kappa shape index (κ3) is 5.03. The molecule has 4 rings (SSSR count).